The molecule has 0 amide bonds. The Morgan fingerprint density at radius 3 is 2.84 bits per heavy atom. The van der Waals surface area contributed by atoms with Crippen molar-refractivity contribution in [2.45, 2.75) is 6.54 Å². The maximum Gasteiger partial charge on any atom is 0.292 e. The number of hydrogen-bond donors (Lipinski definition) is 1. The molecule has 0 radical (unpaired) electrons. The minimum atomic E-state index is -0.423. The number of anilines is 1. The van der Waals surface area contributed by atoms with E-state index in [0.717, 1.165) is 5.56 Å². The van der Waals surface area contributed by atoms with E-state index in [-0.39, 0.29) is 5.69 Å². The Balaban J connectivity index is 2.15. The molecule has 0 aliphatic carbocycles. The number of nitro groups is 1. The summed E-state index contributed by atoms with van der Waals surface area (Å²) in [5, 5.41) is 22.7. The summed E-state index contributed by atoms with van der Waals surface area (Å²) >= 11 is 0. The van der Waals surface area contributed by atoms with E-state index in [1.807, 2.05) is 6.20 Å². The topological polar surface area (TPSA) is 83.9 Å². The van der Waals surface area contributed by atoms with Crippen LogP contribution in [0.5, 0.6) is 0 Å². The molecular weight excluding hydrogens is 244 g/mol. The van der Waals surface area contributed by atoms with Crippen molar-refractivity contribution in [2.75, 3.05) is 5.32 Å². The van der Waals surface area contributed by atoms with Crippen LogP contribution in [-0.2, 0) is 13.6 Å². The zero-order valence-corrected chi connectivity index (χ0v) is 10.3. The summed E-state index contributed by atoms with van der Waals surface area (Å²) in [4.78, 5) is 10.4. The van der Waals surface area contributed by atoms with Gasteiger partial charge in [0.15, 0.2) is 0 Å². The molecule has 0 fully saturated rings. The third-order valence-corrected chi connectivity index (χ3v) is 2.76. The standard InChI is InChI=1S/C13H12N4O2/c1-16-9-10(6-11(16)7-14)8-15-12-4-2-3-5-13(12)17(18)19/h2-6,9,15H,8H2,1H3. The fourth-order valence-corrected chi connectivity index (χ4v) is 1.82. The monoisotopic (exact) mass is 256 g/mol. The molecule has 0 saturated carbocycles. The Hall–Kier alpha value is -2.81. The van der Waals surface area contributed by atoms with Gasteiger partial charge in [-0.25, -0.2) is 0 Å². The molecule has 0 spiro atoms. The van der Waals surface area contributed by atoms with Gasteiger partial charge in [-0.3, -0.25) is 10.1 Å². The molecular formula is C13H12N4O2. The first kappa shape index (κ1) is 12.6. The molecule has 6 heteroatoms. The van der Waals surface area contributed by atoms with Gasteiger partial charge < -0.3 is 9.88 Å². The van der Waals surface area contributed by atoms with E-state index in [1.165, 1.54) is 6.07 Å². The van der Waals surface area contributed by atoms with Gasteiger partial charge in [0.25, 0.3) is 5.69 Å². The number of para-hydroxylation sites is 2. The first-order valence-corrected chi connectivity index (χ1v) is 5.64. The minimum absolute atomic E-state index is 0.0407. The molecule has 0 atom stereocenters. The van der Waals surface area contributed by atoms with Crippen molar-refractivity contribution in [3.63, 3.8) is 0 Å². The van der Waals surface area contributed by atoms with Gasteiger partial charge in [0, 0.05) is 25.9 Å². The van der Waals surface area contributed by atoms with E-state index >= 15 is 0 Å². The van der Waals surface area contributed by atoms with Crippen LogP contribution in [0.25, 0.3) is 0 Å². The van der Waals surface area contributed by atoms with Gasteiger partial charge in [-0.05, 0) is 17.7 Å². The second-order valence-electron chi connectivity index (χ2n) is 4.08. The van der Waals surface area contributed by atoms with Crippen molar-refractivity contribution >= 4 is 11.4 Å². The van der Waals surface area contributed by atoms with Crippen molar-refractivity contribution < 1.29 is 4.92 Å². The molecule has 96 valence electrons. The minimum Gasteiger partial charge on any atom is -0.375 e. The molecule has 1 N–H and O–H groups in total. The Labute approximate surface area is 110 Å². The number of nitrogens with one attached hydrogen (secondary N) is 1. The summed E-state index contributed by atoms with van der Waals surface area (Å²) in [5.74, 6) is 0. The summed E-state index contributed by atoms with van der Waals surface area (Å²) in [6.45, 7) is 0.431. The molecule has 0 bridgehead atoms. The fraction of sp³-hybridized carbons (Fsp3) is 0.154. The maximum atomic E-state index is 10.9. The summed E-state index contributed by atoms with van der Waals surface area (Å²) in [6, 6.07) is 10.3. The quantitative estimate of drug-likeness (QED) is 0.672. The van der Waals surface area contributed by atoms with Crippen molar-refractivity contribution in [1.82, 2.24) is 4.57 Å². The van der Waals surface area contributed by atoms with Crippen LogP contribution in [0.15, 0.2) is 36.5 Å². The van der Waals surface area contributed by atoms with Gasteiger partial charge >= 0.3 is 0 Å². The number of nitriles is 1. The molecule has 0 saturated heterocycles. The van der Waals surface area contributed by atoms with Crippen molar-refractivity contribution in [3.05, 3.63) is 57.9 Å². The lowest BCUT2D eigenvalue weighted by atomic mass is 10.2. The first-order chi connectivity index (χ1) is 9.11. The zero-order chi connectivity index (χ0) is 13.8. The molecule has 1 heterocycles. The predicted molar refractivity (Wildman–Crippen MR) is 70.6 cm³/mol. The lowest BCUT2D eigenvalue weighted by Crippen LogP contribution is -2.01. The highest BCUT2D eigenvalue weighted by Crippen LogP contribution is 2.23. The van der Waals surface area contributed by atoms with E-state index in [9.17, 15) is 10.1 Å². The lowest BCUT2D eigenvalue weighted by molar-refractivity contribution is -0.384. The van der Waals surface area contributed by atoms with Crippen LogP contribution < -0.4 is 5.32 Å². The molecule has 1 aromatic heterocycles. The third kappa shape index (κ3) is 2.72. The molecule has 0 unspecified atom stereocenters. The van der Waals surface area contributed by atoms with Crippen LogP contribution in [0.2, 0.25) is 0 Å². The average Bonchev–Trinajstić information content (AvgIpc) is 2.77. The maximum absolute atomic E-state index is 10.9. The second kappa shape index (κ2) is 5.23. The smallest absolute Gasteiger partial charge is 0.292 e. The van der Waals surface area contributed by atoms with Crippen LogP contribution in [0.4, 0.5) is 11.4 Å². The Morgan fingerprint density at radius 1 is 1.47 bits per heavy atom. The highest BCUT2D eigenvalue weighted by Gasteiger charge is 2.12. The number of nitrogens with zero attached hydrogens (tertiary/aromatic N) is 3. The van der Waals surface area contributed by atoms with Gasteiger partial charge in [0.2, 0.25) is 0 Å². The first-order valence-electron chi connectivity index (χ1n) is 5.64. The number of hydrogen-bond acceptors (Lipinski definition) is 4. The van der Waals surface area contributed by atoms with Gasteiger partial charge in [-0.15, -0.1) is 0 Å². The summed E-state index contributed by atoms with van der Waals surface area (Å²) in [5.41, 5.74) is 1.96. The second-order valence-corrected chi connectivity index (χ2v) is 4.08. The van der Waals surface area contributed by atoms with E-state index in [1.54, 1.807) is 35.9 Å². The van der Waals surface area contributed by atoms with Gasteiger partial charge in [0.1, 0.15) is 17.5 Å². The Morgan fingerprint density at radius 2 is 2.21 bits per heavy atom. The average molecular weight is 256 g/mol. The zero-order valence-electron chi connectivity index (χ0n) is 10.3. The van der Waals surface area contributed by atoms with Gasteiger partial charge in [-0.2, -0.15) is 5.26 Å². The molecule has 19 heavy (non-hydrogen) atoms. The Kier molecular flexibility index (Phi) is 3.48. The van der Waals surface area contributed by atoms with Crippen LogP contribution in [-0.4, -0.2) is 9.49 Å². The number of aryl methyl sites for hydroxylation is 1. The number of benzene rings is 1. The van der Waals surface area contributed by atoms with Crippen LogP contribution in [0, 0.1) is 21.4 Å². The number of aromatic nitrogens is 1. The van der Waals surface area contributed by atoms with Gasteiger partial charge in [0.05, 0.1) is 4.92 Å². The highest BCUT2D eigenvalue weighted by molar-refractivity contribution is 5.61. The van der Waals surface area contributed by atoms with Crippen LogP contribution in [0.1, 0.15) is 11.3 Å². The molecule has 2 rings (SSSR count). The summed E-state index contributed by atoms with van der Waals surface area (Å²) in [6.07, 6.45) is 1.82. The van der Waals surface area contributed by atoms with E-state index in [0.29, 0.717) is 17.9 Å². The Bertz CT molecular complexity index is 655. The van der Waals surface area contributed by atoms with Crippen LogP contribution in [0.3, 0.4) is 0 Å². The van der Waals surface area contributed by atoms with E-state index in [2.05, 4.69) is 11.4 Å². The molecule has 1 aromatic carbocycles. The molecule has 0 aliphatic rings. The predicted octanol–water partition coefficient (Wildman–Crippen LogP) is 2.42. The van der Waals surface area contributed by atoms with Gasteiger partial charge in [-0.1, -0.05) is 12.1 Å². The number of nitro benzene ring substituents is 1. The summed E-state index contributed by atoms with van der Waals surface area (Å²) < 4.78 is 1.72. The molecule has 2 aromatic rings. The highest BCUT2D eigenvalue weighted by atomic mass is 16.6. The largest absolute Gasteiger partial charge is 0.375 e. The van der Waals surface area contributed by atoms with E-state index < -0.39 is 4.92 Å². The van der Waals surface area contributed by atoms with E-state index in [4.69, 9.17) is 5.26 Å². The normalized spacial score (nSPS) is 9.89. The van der Waals surface area contributed by atoms with Crippen molar-refractivity contribution in [3.8, 4) is 6.07 Å². The SMILES string of the molecule is Cn1cc(CNc2ccccc2[N+](=O)[O-])cc1C#N. The molecule has 0 aliphatic heterocycles. The summed E-state index contributed by atoms with van der Waals surface area (Å²) in [7, 11) is 1.78. The molecule has 6 nitrogen and oxygen atoms in total. The fourth-order valence-electron chi connectivity index (χ4n) is 1.82. The van der Waals surface area contributed by atoms with Crippen molar-refractivity contribution in [2.24, 2.45) is 7.05 Å². The third-order valence-electron chi connectivity index (χ3n) is 2.76. The van der Waals surface area contributed by atoms with Crippen molar-refractivity contribution in [1.29, 1.82) is 5.26 Å². The number of rotatable bonds is 4. The van der Waals surface area contributed by atoms with Crippen LogP contribution >= 0.6 is 0 Å². The lowest BCUT2D eigenvalue weighted by Gasteiger charge is -2.05.